The molecule has 0 saturated heterocycles. The van der Waals surface area contributed by atoms with E-state index in [1.807, 2.05) is 6.92 Å². The molecule has 108 valence electrons. The lowest BCUT2D eigenvalue weighted by Gasteiger charge is -2.21. The highest BCUT2D eigenvalue weighted by Crippen LogP contribution is 2.37. The normalized spacial score (nSPS) is 23.4. The number of hydrogen-bond donors (Lipinski definition) is 2. The van der Waals surface area contributed by atoms with Gasteiger partial charge >= 0.3 is 11.9 Å². The monoisotopic (exact) mass is 271 g/mol. The minimum absolute atomic E-state index is 0.125. The van der Waals surface area contributed by atoms with Crippen LogP contribution in [0.2, 0.25) is 0 Å². The van der Waals surface area contributed by atoms with Crippen molar-refractivity contribution in [1.82, 2.24) is 5.32 Å². The lowest BCUT2D eigenvalue weighted by molar-refractivity contribution is -0.158. The van der Waals surface area contributed by atoms with Gasteiger partial charge in [0, 0.05) is 5.92 Å². The van der Waals surface area contributed by atoms with Crippen molar-refractivity contribution < 1.29 is 24.2 Å². The molecule has 6 nitrogen and oxygen atoms in total. The Hall–Kier alpha value is -1.59. The molecule has 1 saturated carbocycles. The van der Waals surface area contributed by atoms with E-state index in [1.54, 1.807) is 20.8 Å². The first kappa shape index (κ1) is 15.5. The zero-order valence-electron chi connectivity index (χ0n) is 11.7. The predicted octanol–water partition coefficient (Wildman–Crippen LogP) is 0.944. The number of carboxylic acid groups (broad SMARTS) is 1. The number of esters is 1. The molecule has 1 amide bonds. The zero-order valence-corrected chi connectivity index (χ0v) is 11.7. The maximum absolute atomic E-state index is 11.7. The van der Waals surface area contributed by atoms with Gasteiger partial charge in [0.1, 0.15) is 11.6 Å². The molecular formula is C13H21NO5. The fourth-order valence-electron chi connectivity index (χ4n) is 1.72. The molecule has 0 aromatic rings. The van der Waals surface area contributed by atoms with Gasteiger partial charge in [0.2, 0.25) is 5.91 Å². The maximum atomic E-state index is 11.7. The number of carbonyl (C=O) groups excluding carboxylic acids is 2. The Labute approximate surface area is 112 Å². The first-order chi connectivity index (χ1) is 8.60. The Balaban J connectivity index is 2.51. The molecule has 1 aliphatic rings. The van der Waals surface area contributed by atoms with Crippen LogP contribution >= 0.6 is 0 Å². The van der Waals surface area contributed by atoms with Crippen LogP contribution in [-0.4, -0.2) is 34.6 Å². The second kappa shape index (κ2) is 5.59. The molecule has 2 N–H and O–H groups in total. The summed E-state index contributed by atoms with van der Waals surface area (Å²) in [5, 5.41) is 11.4. The van der Waals surface area contributed by atoms with Crippen molar-refractivity contribution in [3.63, 3.8) is 0 Å². The number of rotatable bonds is 5. The number of amides is 1. The molecule has 0 aliphatic heterocycles. The summed E-state index contributed by atoms with van der Waals surface area (Å²) in [4.78, 5) is 34.3. The number of aliphatic carboxylic acids is 1. The molecule has 1 aliphatic carbocycles. The Morgan fingerprint density at radius 1 is 1.37 bits per heavy atom. The molecule has 2 unspecified atom stereocenters. The lowest BCUT2D eigenvalue weighted by atomic mass is 10.1. The van der Waals surface area contributed by atoms with E-state index in [4.69, 9.17) is 9.84 Å². The van der Waals surface area contributed by atoms with Crippen molar-refractivity contribution in [2.75, 3.05) is 0 Å². The van der Waals surface area contributed by atoms with Gasteiger partial charge in [-0.1, -0.05) is 6.92 Å². The third kappa shape index (κ3) is 5.28. The van der Waals surface area contributed by atoms with Crippen molar-refractivity contribution in [3.8, 4) is 0 Å². The average Bonchev–Trinajstić information content (AvgIpc) is 2.91. The quantitative estimate of drug-likeness (QED) is 0.726. The number of carboxylic acids is 1. The average molecular weight is 271 g/mol. The molecule has 3 atom stereocenters. The smallest absolute Gasteiger partial charge is 0.326 e. The zero-order chi connectivity index (χ0) is 14.8. The second-order valence-corrected chi connectivity index (χ2v) is 6.01. The fraction of sp³-hybridized carbons (Fsp3) is 0.769. The summed E-state index contributed by atoms with van der Waals surface area (Å²) in [5.74, 6) is -2.00. The molecular weight excluding hydrogens is 250 g/mol. The van der Waals surface area contributed by atoms with Crippen LogP contribution in [0.1, 0.15) is 40.5 Å². The number of nitrogens with one attached hydrogen (secondary N) is 1. The van der Waals surface area contributed by atoms with Crippen molar-refractivity contribution in [3.05, 3.63) is 0 Å². The third-order valence-electron chi connectivity index (χ3n) is 2.85. The van der Waals surface area contributed by atoms with E-state index < -0.39 is 23.6 Å². The molecule has 0 radical (unpaired) electrons. The van der Waals surface area contributed by atoms with Crippen LogP contribution in [0.3, 0.4) is 0 Å². The first-order valence-electron chi connectivity index (χ1n) is 6.35. The summed E-state index contributed by atoms with van der Waals surface area (Å²) in [7, 11) is 0. The summed E-state index contributed by atoms with van der Waals surface area (Å²) in [6.45, 7) is 7.02. The number of carbonyl (C=O) groups is 3. The minimum atomic E-state index is -1.23. The van der Waals surface area contributed by atoms with Gasteiger partial charge in [0.25, 0.3) is 0 Å². The van der Waals surface area contributed by atoms with Crippen LogP contribution in [0.4, 0.5) is 0 Å². The Morgan fingerprint density at radius 3 is 2.26 bits per heavy atom. The molecule has 0 spiro atoms. The van der Waals surface area contributed by atoms with Gasteiger partial charge in [-0.3, -0.25) is 9.59 Å². The van der Waals surface area contributed by atoms with E-state index in [-0.39, 0.29) is 24.2 Å². The molecule has 1 fully saturated rings. The van der Waals surface area contributed by atoms with E-state index in [9.17, 15) is 14.4 Å². The second-order valence-electron chi connectivity index (χ2n) is 6.01. The summed E-state index contributed by atoms with van der Waals surface area (Å²) in [6, 6.07) is -1.23. The van der Waals surface area contributed by atoms with E-state index in [1.165, 1.54) is 0 Å². The van der Waals surface area contributed by atoms with E-state index >= 15 is 0 Å². The third-order valence-corrected chi connectivity index (χ3v) is 2.85. The highest BCUT2D eigenvalue weighted by Gasteiger charge is 2.40. The summed E-state index contributed by atoms with van der Waals surface area (Å²) in [5.41, 5.74) is -0.671. The van der Waals surface area contributed by atoms with Crippen molar-refractivity contribution in [1.29, 1.82) is 0 Å². The SMILES string of the molecule is CC1CC1C(=O)N[C@@H](CC(=O)OC(C)(C)C)C(=O)O. The Morgan fingerprint density at radius 2 is 1.89 bits per heavy atom. The molecule has 0 heterocycles. The van der Waals surface area contributed by atoms with Crippen LogP contribution in [0.15, 0.2) is 0 Å². The van der Waals surface area contributed by atoms with Gasteiger partial charge < -0.3 is 15.2 Å². The fourth-order valence-corrected chi connectivity index (χ4v) is 1.72. The minimum Gasteiger partial charge on any atom is -0.480 e. The molecule has 19 heavy (non-hydrogen) atoms. The lowest BCUT2D eigenvalue weighted by Crippen LogP contribution is -2.44. The first-order valence-corrected chi connectivity index (χ1v) is 6.35. The standard InChI is InChI=1S/C13H21NO5/c1-7-5-8(7)11(16)14-9(12(17)18)6-10(15)19-13(2,3)4/h7-9H,5-6H2,1-4H3,(H,14,16)(H,17,18)/t7?,8?,9-/m0/s1. The van der Waals surface area contributed by atoms with Crippen LogP contribution < -0.4 is 5.32 Å². The van der Waals surface area contributed by atoms with Crippen LogP contribution in [0, 0.1) is 11.8 Å². The number of ether oxygens (including phenoxy) is 1. The Bertz CT molecular complexity index is 385. The van der Waals surface area contributed by atoms with Gasteiger partial charge in [-0.05, 0) is 33.1 Å². The summed E-state index contributed by atoms with van der Waals surface area (Å²) < 4.78 is 5.04. The van der Waals surface area contributed by atoms with Crippen molar-refractivity contribution >= 4 is 17.8 Å². The van der Waals surface area contributed by atoms with Crippen molar-refractivity contribution in [2.45, 2.75) is 52.2 Å². The van der Waals surface area contributed by atoms with E-state index in [0.717, 1.165) is 6.42 Å². The maximum Gasteiger partial charge on any atom is 0.326 e. The van der Waals surface area contributed by atoms with E-state index in [2.05, 4.69) is 5.32 Å². The van der Waals surface area contributed by atoms with Crippen molar-refractivity contribution in [2.24, 2.45) is 11.8 Å². The number of hydrogen-bond acceptors (Lipinski definition) is 4. The Kier molecular flexibility index (Phi) is 4.55. The van der Waals surface area contributed by atoms with Crippen LogP contribution in [0.5, 0.6) is 0 Å². The molecule has 6 heteroatoms. The van der Waals surface area contributed by atoms with Gasteiger partial charge in [0.05, 0.1) is 6.42 Å². The van der Waals surface area contributed by atoms with Crippen LogP contribution in [-0.2, 0) is 19.1 Å². The topological polar surface area (TPSA) is 92.7 Å². The van der Waals surface area contributed by atoms with Crippen LogP contribution in [0.25, 0.3) is 0 Å². The van der Waals surface area contributed by atoms with Gasteiger partial charge in [0.15, 0.2) is 0 Å². The van der Waals surface area contributed by atoms with Gasteiger partial charge in [-0.2, -0.15) is 0 Å². The molecule has 1 rings (SSSR count). The molecule has 0 bridgehead atoms. The largest absolute Gasteiger partial charge is 0.480 e. The van der Waals surface area contributed by atoms with E-state index in [0.29, 0.717) is 0 Å². The highest BCUT2D eigenvalue weighted by molar-refractivity contribution is 5.89. The van der Waals surface area contributed by atoms with Gasteiger partial charge in [-0.15, -0.1) is 0 Å². The molecule has 0 aromatic carbocycles. The van der Waals surface area contributed by atoms with Gasteiger partial charge in [-0.25, -0.2) is 4.79 Å². The molecule has 0 aromatic heterocycles. The summed E-state index contributed by atoms with van der Waals surface area (Å²) >= 11 is 0. The summed E-state index contributed by atoms with van der Waals surface area (Å²) in [6.07, 6.45) is 0.407. The predicted molar refractivity (Wildman–Crippen MR) is 67.3 cm³/mol. The highest BCUT2D eigenvalue weighted by atomic mass is 16.6.